The van der Waals surface area contributed by atoms with Gasteiger partial charge in [0.15, 0.2) is 11.5 Å². The van der Waals surface area contributed by atoms with Crippen LogP contribution in [0.3, 0.4) is 0 Å². The zero-order valence-electron chi connectivity index (χ0n) is 16.1. The maximum Gasteiger partial charge on any atom is 0.260 e. The monoisotopic (exact) mass is 374 g/mol. The second kappa shape index (κ2) is 7.27. The van der Waals surface area contributed by atoms with Crippen molar-refractivity contribution >= 4 is 17.3 Å². The van der Waals surface area contributed by atoms with Crippen LogP contribution >= 0.6 is 0 Å². The number of hydrogen-bond acceptors (Lipinski definition) is 4. The summed E-state index contributed by atoms with van der Waals surface area (Å²) < 4.78 is 10.7. The first-order chi connectivity index (χ1) is 13.6. The molecule has 4 rings (SSSR count). The van der Waals surface area contributed by atoms with Crippen LogP contribution in [0.5, 0.6) is 11.5 Å². The number of methoxy groups -OCH3 is 2. The molecule has 0 bridgehead atoms. The zero-order valence-corrected chi connectivity index (χ0v) is 16.1. The fourth-order valence-corrected chi connectivity index (χ4v) is 3.62. The van der Waals surface area contributed by atoms with Crippen molar-refractivity contribution in [1.29, 1.82) is 0 Å². The molecule has 0 saturated heterocycles. The average molecular weight is 374 g/mol. The number of para-hydroxylation sites is 1. The SMILES string of the molecule is COc1ccc(NC2c3ccccc3C(=O)N2c2ccccc2C)cc1OC. The quantitative estimate of drug-likeness (QED) is 0.698. The molecule has 0 radical (unpaired) electrons. The first kappa shape index (κ1) is 17.9. The lowest BCUT2D eigenvalue weighted by molar-refractivity contribution is 0.0993. The number of nitrogens with zero attached hydrogens (tertiary/aromatic N) is 1. The van der Waals surface area contributed by atoms with Gasteiger partial charge in [0.1, 0.15) is 6.17 Å². The molecule has 1 N–H and O–H groups in total. The van der Waals surface area contributed by atoms with Gasteiger partial charge in [0.25, 0.3) is 5.91 Å². The first-order valence-corrected chi connectivity index (χ1v) is 9.10. The van der Waals surface area contributed by atoms with Crippen LogP contribution in [-0.2, 0) is 0 Å². The number of fused-ring (bicyclic) bond motifs is 1. The number of aryl methyl sites for hydroxylation is 1. The van der Waals surface area contributed by atoms with Crippen molar-refractivity contribution in [3.8, 4) is 11.5 Å². The lowest BCUT2D eigenvalue weighted by Gasteiger charge is -2.28. The highest BCUT2D eigenvalue weighted by Crippen LogP contribution is 2.40. The van der Waals surface area contributed by atoms with Crippen LogP contribution in [0.2, 0.25) is 0 Å². The number of benzene rings is 3. The Morgan fingerprint density at radius 3 is 2.36 bits per heavy atom. The molecule has 28 heavy (non-hydrogen) atoms. The second-order valence-electron chi connectivity index (χ2n) is 6.67. The van der Waals surface area contributed by atoms with Gasteiger partial charge < -0.3 is 14.8 Å². The summed E-state index contributed by atoms with van der Waals surface area (Å²) in [5.74, 6) is 1.28. The summed E-state index contributed by atoms with van der Waals surface area (Å²) in [4.78, 5) is 15.0. The van der Waals surface area contributed by atoms with E-state index in [1.165, 1.54) is 0 Å². The molecule has 1 atom stereocenters. The number of carbonyl (C=O) groups excluding carboxylic acids is 1. The normalized spacial score (nSPS) is 15.3. The lowest BCUT2D eigenvalue weighted by Crippen LogP contribution is -2.32. The third-order valence-electron chi connectivity index (χ3n) is 5.02. The summed E-state index contributed by atoms with van der Waals surface area (Å²) >= 11 is 0. The Balaban J connectivity index is 1.78. The van der Waals surface area contributed by atoms with Gasteiger partial charge in [0.2, 0.25) is 0 Å². The fraction of sp³-hybridized carbons (Fsp3) is 0.174. The highest BCUT2D eigenvalue weighted by molar-refractivity contribution is 6.11. The number of amides is 1. The van der Waals surface area contributed by atoms with Crippen LogP contribution in [0.4, 0.5) is 11.4 Å². The van der Waals surface area contributed by atoms with E-state index in [1.807, 2.05) is 78.6 Å². The minimum Gasteiger partial charge on any atom is -0.493 e. The maximum absolute atomic E-state index is 13.2. The van der Waals surface area contributed by atoms with Gasteiger partial charge in [-0.2, -0.15) is 0 Å². The zero-order chi connectivity index (χ0) is 19.7. The minimum absolute atomic E-state index is 0.0112. The molecule has 1 aliphatic rings. The summed E-state index contributed by atoms with van der Waals surface area (Å²) in [5.41, 5.74) is 4.43. The van der Waals surface area contributed by atoms with E-state index in [9.17, 15) is 4.79 Å². The Morgan fingerprint density at radius 1 is 0.893 bits per heavy atom. The Hall–Kier alpha value is -3.47. The number of anilines is 2. The van der Waals surface area contributed by atoms with Crippen molar-refractivity contribution in [2.24, 2.45) is 0 Å². The Kier molecular flexibility index (Phi) is 4.65. The lowest BCUT2D eigenvalue weighted by atomic mass is 10.1. The highest BCUT2D eigenvalue weighted by Gasteiger charge is 2.38. The molecular weight excluding hydrogens is 352 g/mol. The van der Waals surface area contributed by atoms with Crippen molar-refractivity contribution in [2.45, 2.75) is 13.1 Å². The molecule has 5 heteroatoms. The van der Waals surface area contributed by atoms with Crippen molar-refractivity contribution in [1.82, 2.24) is 0 Å². The summed E-state index contributed by atoms with van der Waals surface area (Å²) in [5, 5.41) is 3.50. The third-order valence-corrected chi connectivity index (χ3v) is 5.02. The number of hydrogen-bond donors (Lipinski definition) is 1. The van der Waals surface area contributed by atoms with Crippen molar-refractivity contribution < 1.29 is 14.3 Å². The van der Waals surface area contributed by atoms with Crippen LogP contribution in [0.15, 0.2) is 66.7 Å². The van der Waals surface area contributed by atoms with Gasteiger partial charge in [-0.3, -0.25) is 9.69 Å². The van der Waals surface area contributed by atoms with Gasteiger partial charge >= 0.3 is 0 Å². The molecule has 1 unspecified atom stereocenters. The number of nitrogens with one attached hydrogen (secondary N) is 1. The average Bonchev–Trinajstić information content (AvgIpc) is 3.00. The van der Waals surface area contributed by atoms with E-state index in [0.29, 0.717) is 17.1 Å². The van der Waals surface area contributed by atoms with E-state index in [0.717, 1.165) is 22.5 Å². The van der Waals surface area contributed by atoms with E-state index in [2.05, 4.69) is 5.32 Å². The molecule has 3 aromatic carbocycles. The molecule has 0 saturated carbocycles. The largest absolute Gasteiger partial charge is 0.493 e. The maximum atomic E-state index is 13.2. The van der Waals surface area contributed by atoms with Crippen LogP contribution in [0.1, 0.15) is 27.7 Å². The molecule has 1 amide bonds. The topological polar surface area (TPSA) is 50.8 Å². The van der Waals surface area contributed by atoms with Crippen LogP contribution in [-0.4, -0.2) is 20.1 Å². The smallest absolute Gasteiger partial charge is 0.260 e. The molecule has 0 aliphatic carbocycles. The Morgan fingerprint density at radius 2 is 1.61 bits per heavy atom. The second-order valence-corrected chi connectivity index (χ2v) is 6.67. The molecule has 142 valence electrons. The predicted molar refractivity (Wildman–Crippen MR) is 110 cm³/mol. The molecule has 3 aromatic rings. The highest BCUT2D eigenvalue weighted by atomic mass is 16.5. The van der Waals surface area contributed by atoms with Gasteiger partial charge in [-0.15, -0.1) is 0 Å². The van der Waals surface area contributed by atoms with E-state index in [-0.39, 0.29) is 12.1 Å². The number of carbonyl (C=O) groups is 1. The van der Waals surface area contributed by atoms with Gasteiger partial charge in [-0.1, -0.05) is 36.4 Å². The summed E-state index contributed by atoms with van der Waals surface area (Å²) in [6, 6.07) is 21.3. The predicted octanol–water partition coefficient (Wildman–Crippen LogP) is 4.78. The molecule has 0 fully saturated rings. The van der Waals surface area contributed by atoms with Gasteiger partial charge in [-0.05, 0) is 36.8 Å². The van der Waals surface area contributed by atoms with Gasteiger partial charge in [-0.25, -0.2) is 0 Å². The van der Waals surface area contributed by atoms with Crippen LogP contribution in [0, 0.1) is 6.92 Å². The van der Waals surface area contributed by atoms with Crippen molar-refractivity contribution in [3.05, 3.63) is 83.4 Å². The third kappa shape index (κ3) is 2.95. The molecule has 5 nitrogen and oxygen atoms in total. The molecule has 1 aliphatic heterocycles. The van der Waals surface area contributed by atoms with Crippen molar-refractivity contribution in [2.75, 3.05) is 24.4 Å². The Bertz CT molecular complexity index is 1030. The number of rotatable bonds is 5. The summed E-state index contributed by atoms with van der Waals surface area (Å²) in [6.07, 6.45) is -0.317. The first-order valence-electron chi connectivity index (χ1n) is 9.10. The van der Waals surface area contributed by atoms with Crippen LogP contribution in [0.25, 0.3) is 0 Å². The minimum atomic E-state index is -0.317. The molecular formula is C23H22N2O3. The standard InChI is InChI=1S/C23H22N2O3/c1-15-8-4-7-11-19(15)25-22(17-9-5-6-10-18(17)23(25)26)24-16-12-13-20(27-2)21(14-16)28-3/h4-14,22,24H,1-3H3. The van der Waals surface area contributed by atoms with Crippen LogP contribution < -0.4 is 19.7 Å². The number of ether oxygens (including phenoxy) is 2. The Labute approximate surface area is 164 Å². The van der Waals surface area contributed by atoms with Gasteiger partial charge in [0.05, 0.1) is 14.2 Å². The van der Waals surface area contributed by atoms with E-state index in [1.54, 1.807) is 14.2 Å². The fourth-order valence-electron chi connectivity index (χ4n) is 3.62. The molecule has 1 heterocycles. The van der Waals surface area contributed by atoms with E-state index >= 15 is 0 Å². The van der Waals surface area contributed by atoms with Crippen molar-refractivity contribution in [3.63, 3.8) is 0 Å². The van der Waals surface area contributed by atoms with E-state index < -0.39 is 0 Å². The summed E-state index contributed by atoms with van der Waals surface area (Å²) in [7, 11) is 3.21. The molecule has 0 aromatic heterocycles. The van der Waals surface area contributed by atoms with E-state index in [4.69, 9.17) is 9.47 Å². The van der Waals surface area contributed by atoms with Gasteiger partial charge in [0, 0.05) is 28.6 Å². The summed E-state index contributed by atoms with van der Waals surface area (Å²) in [6.45, 7) is 2.01. The molecule has 0 spiro atoms.